The molecular formula is C19H22BrN3O3. The Labute approximate surface area is 161 Å². The number of amides is 1. The van der Waals surface area contributed by atoms with Crippen LogP contribution in [0.15, 0.2) is 47.1 Å². The van der Waals surface area contributed by atoms with E-state index in [-0.39, 0.29) is 18.1 Å². The van der Waals surface area contributed by atoms with E-state index in [2.05, 4.69) is 31.1 Å². The highest BCUT2D eigenvalue weighted by Crippen LogP contribution is 2.24. The Kier molecular flexibility index (Phi) is 6.24. The van der Waals surface area contributed by atoms with Crippen LogP contribution in [0.1, 0.15) is 17.3 Å². The fourth-order valence-electron chi connectivity index (χ4n) is 3.05. The second-order valence-electron chi connectivity index (χ2n) is 6.26. The van der Waals surface area contributed by atoms with Crippen LogP contribution in [-0.2, 0) is 9.47 Å². The maximum atomic E-state index is 12.8. The average molecular weight is 420 g/mol. The van der Waals surface area contributed by atoms with Crippen molar-refractivity contribution in [1.82, 2.24) is 4.98 Å². The molecule has 3 rings (SSSR count). The largest absolute Gasteiger partial charge is 0.382 e. The molecule has 2 unspecified atom stereocenters. The highest BCUT2D eigenvalue weighted by atomic mass is 79.9. The molecule has 1 aromatic heterocycles. The number of methoxy groups -OCH3 is 1. The van der Waals surface area contributed by atoms with Gasteiger partial charge in [0.1, 0.15) is 5.82 Å². The van der Waals surface area contributed by atoms with Gasteiger partial charge < -0.3 is 19.7 Å². The van der Waals surface area contributed by atoms with Crippen LogP contribution >= 0.6 is 15.9 Å². The van der Waals surface area contributed by atoms with E-state index >= 15 is 0 Å². The number of aromatic nitrogens is 1. The summed E-state index contributed by atoms with van der Waals surface area (Å²) >= 11 is 3.39. The lowest BCUT2D eigenvalue weighted by molar-refractivity contribution is -0.0512. The number of benzene rings is 1. The summed E-state index contributed by atoms with van der Waals surface area (Å²) in [5, 5.41) is 2.93. The first-order valence-electron chi connectivity index (χ1n) is 8.48. The van der Waals surface area contributed by atoms with Crippen molar-refractivity contribution >= 4 is 33.3 Å². The molecule has 0 aliphatic carbocycles. The standard InChI is InChI=1S/C19H22BrN3O3/c1-13-10-23(11-16(26-13)12-25-2)18-17(4-3-9-21-18)19(24)22-15-7-5-14(20)6-8-15/h3-9,13,16H,10-12H2,1-2H3,(H,22,24). The van der Waals surface area contributed by atoms with Crippen molar-refractivity contribution in [2.75, 3.05) is 37.0 Å². The number of carbonyl (C=O) groups is 1. The number of nitrogens with one attached hydrogen (secondary N) is 1. The summed E-state index contributed by atoms with van der Waals surface area (Å²) in [5.74, 6) is 0.483. The molecule has 1 aromatic carbocycles. The molecule has 2 atom stereocenters. The molecule has 1 N–H and O–H groups in total. The monoisotopic (exact) mass is 419 g/mol. The fraction of sp³-hybridized carbons (Fsp3) is 0.368. The first-order valence-corrected chi connectivity index (χ1v) is 9.27. The summed E-state index contributed by atoms with van der Waals surface area (Å²) in [4.78, 5) is 19.4. The maximum Gasteiger partial charge on any atom is 0.259 e. The number of carbonyl (C=O) groups excluding carboxylic acids is 1. The molecule has 0 saturated carbocycles. The van der Waals surface area contributed by atoms with Crippen LogP contribution < -0.4 is 10.2 Å². The molecule has 0 radical (unpaired) electrons. The van der Waals surface area contributed by atoms with E-state index in [0.29, 0.717) is 31.1 Å². The molecule has 0 bridgehead atoms. The molecule has 1 saturated heterocycles. The minimum Gasteiger partial charge on any atom is -0.382 e. The van der Waals surface area contributed by atoms with Crippen LogP contribution in [0.5, 0.6) is 0 Å². The van der Waals surface area contributed by atoms with Crippen molar-refractivity contribution in [2.24, 2.45) is 0 Å². The Bertz CT molecular complexity index is 754. The third kappa shape index (κ3) is 4.60. The predicted octanol–water partition coefficient (Wildman–Crippen LogP) is 3.34. The minimum atomic E-state index is -0.183. The second-order valence-corrected chi connectivity index (χ2v) is 7.18. The van der Waals surface area contributed by atoms with Crippen molar-refractivity contribution in [3.63, 3.8) is 0 Å². The number of pyridine rings is 1. The van der Waals surface area contributed by atoms with E-state index in [9.17, 15) is 4.79 Å². The van der Waals surface area contributed by atoms with Crippen molar-refractivity contribution in [3.8, 4) is 0 Å². The topological polar surface area (TPSA) is 63.7 Å². The average Bonchev–Trinajstić information content (AvgIpc) is 2.63. The summed E-state index contributed by atoms with van der Waals surface area (Å²) in [6.07, 6.45) is 1.69. The number of halogens is 1. The van der Waals surface area contributed by atoms with Crippen molar-refractivity contribution < 1.29 is 14.3 Å². The number of morpholine rings is 1. The SMILES string of the molecule is COCC1CN(c2ncccc2C(=O)Nc2ccc(Br)cc2)CC(C)O1. The van der Waals surface area contributed by atoms with E-state index < -0.39 is 0 Å². The van der Waals surface area contributed by atoms with Crippen molar-refractivity contribution in [2.45, 2.75) is 19.1 Å². The maximum absolute atomic E-state index is 12.8. The molecule has 2 aromatic rings. The Balaban J connectivity index is 1.80. The number of ether oxygens (including phenoxy) is 2. The van der Waals surface area contributed by atoms with Crippen LogP contribution in [0.2, 0.25) is 0 Å². The lowest BCUT2D eigenvalue weighted by Gasteiger charge is -2.37. The van der Waals surface area contributed by atoms with Gasteiger partial charge in [0.25, 0.3) is 5.91 Å². The molecule has 26 heavy (non-hydrogen) atoms. The van der Waals surface area contributed by atoms with E-state index in [1.165, 1.54) is 0 Å². The summed E-state index contributed by atoms with van der Waals surface area (Å²) in [6.45, 7) is 3.83. The molecule has 6 nitrogen and oxygen atoms in total. The Morgan fingerprint density at radius 3 is 2.85 bits per heavy atom. The zero-order valence-electron chi connectivity index (χ0n) is 14.8. The molecule has 138 valence electrons. The molecule has 1 aliphatic heterocycles. The first kappa shape index (κ1) is 18.8. The number of rotatable bonds is 5. The van der Waals surface area contributed by atoms with Gasteiger partial charge in [-0.3, -0.25) is 4.79 Å². The molecule has 0 spiro atoms. The van der Waals surface area contributed by atoms with Gasteiger partial charge in [-0.15, -0.1) is 0 Å². The lowest BCUT2D eigenvalue weighted by atomic mass is 10.1. The van der Waals surface area contributed by atoms with Crippen LogP contribution in [0.3, 0.4) is 0 Å². The quantitative estimate of drug-likeness (QED) is 0.804. The van der Waals surface area contributed by atoms with E-state index in [4.69, 9.17) is 9.47 Å². The van der Waals surface area contributed by atoms with Gasteiger partial charge in [0.05, 0.1) is 24.4 Å². The molecule has 2 heterocycles. The number of anilines is 2. The van der Waals surface area contributed by atoms with Crippen molar-refractivity contribution in [3.05, 3.63) is 52.6 Å². The zero-order chi connectivity index (χ0) is 18.5. The fourth-order valence-corrected chi connectivity index (χ4v) is 3.32. The van der Waals surface area contributed by atoms with Gasteiger partial charge in [-0.05, 0) is 43.3 Å². The lowest BCUT2D eigenvalue weighted by Crippen LogP contribution is -2.49. The van der Waals surface area contributed by atoms with Gasteiger partial charge in [-0.25, -0.2) is 4.98 Å². The van der Waals surface area contributed by atoms with Gasteiger partial charge in [-0.1, -0.05) is 15.9 Å². The van der Waals surface area contributed by atoms with Gasteiger partial charge in [0.2, 0.25) is 0 Å². The zero-order valence-corrected chi connectivity index (χ0v) is 16.4. The number of hydrogen-bond donors (Lipinski definition) is 1. The van der Waals surface area contributed by atoms with Crippen LogP contribution in [-0.4, -0.2) is 49.9 Å². The Morgan fingerprint density at radius 1 is 1.35 bits per heavy atom. The first-order chi connectivity index (χ1) is 12.6. The normalized spacial score (nSPS) is 20.0. The molecule has 1 fully saturated rings. The number of nitrogens with zero attached hydrogens (tertiary/aromatic N) is 2. The summed E-state index contributed by atoms with van der Waals surface area (Å²) < 4.78 is 12.1. The molecule has 1 amide bonds. The van der Waals surface area contributed by atoms with Crippen molar-refractivity contribution in [1.29, 1.82) is 0 Å². The minimum absolute atomic E-state index is 0.0355. The summed E-state index contributed by atoms with van der Waals surface area (Å²) in [6, 6.07) is 11.0. The van der Waals surface area contributed by atoms with Crippen LogP contribution in [0.25, 0.3) is 0 Å². The van der Waals surface area contributed by atoms with Gasteiger partial charge >= 0.3 is 0 Å². The smallest absolute Gasteiger partial charge is 0.259 e. The van der Waals surface area contributed by atoms with E-state index in [1.807, 2.05) is 31.2 Å². The highest BCUT2D eigenvalue weighted by Gasteiger charge is 2.28. The molecule has 7 heteroatoms. The van der Waals surface area contributed by atoms with Gasteiger partial charge in [-0.2, -0.15) is 0 Å². The number of hydrogen-bond acceptors (Lipinski definition) is 5. The predicted molar refractivity (Wildman–Crippen MR) is 105 cm³/mol. The van der Waals surface area contributed by atoms with Gasteiger partial charge in [0, 0.05) is 36.6 Å². The second kappa shape index (κ2) is 8.62. The van der Waals surface area contributed by atoms with Crippen LogP contribution in [0, 0.1) is 0 Å². The Hall–Kier alpha value is -1.96. The van der Waals surface area contributed by atoms with Gasteiger partial charge in [0.15, 0.2) is 0 Å². The molecule has 1 aliphatic rings. The highest BCUT2D eigenvalue weighted by molar-refractivity contribution is 9.10. The summed E-state index contributed by atoms with van der Waals surface area (Å²) in [7, 11) is 1.66. The van der Waals surface area contributed by atoms with E-state index in [0.717, 1.165) is 10.2 Å². The van der Waals surface area contributed by atoms with Crippen LogP contribution in [0.4, 0.5) is 11.5 Å². The molecular weight excluding hydrogens is 398 g/mol. The third-order valence-electron chi connectivity index (χ3n) is 4.11. The Morgan fingerprint density at radius 2 is 2.12 bits per heavy atom. The summed E-state index contributed by atoms with van der Waals surface area (Å²) in [5.41, 5.74) is 1.28. The third-order valence-corrected chi connectivity index (χ3v) is 4.64. The van der Waals surface area contributed by atoms with E-state index in [1.54, 1.807) is 25.4 Å².